The molecule has 0 bridgehead atoms. The van der Waals surface area contributed by atoms with Crippen LogP contribution in [0.4, 0.5) is 0 Å². The Morgan fingerprint density at radius 1 is 1.17 bits per heavy atom. The maximum absolute atomic E-state index is 12.1. The van der Waals surface area contributed by atoms with Gasteiger partial charge in [0.25, 0.3) is 0 Å². The Labute approximate surface area is 144 Å². The molecule has 1 heterocycles. The number of hydrogen-bond donors (Lipinski definition) is 2. The SMILES string of the molecule is Cl.NCCC(=O)NCC(=O)N1CCC(Cc2ccccc2)CC1. The number of nitrogens with one attached hydrogen (secondary N) is 1. The Balaban J connectivity index is 0.00000264. The predicted molar refractivity (Wildman–Crippen MR) is 93.4 cm³/mol. The molecule has 6 heteroatoms. The summed E-state index contributed by atoms with van der Waals surface area (Å²) >= 11 is 0. The van der Waals surface area contributed by atoms with Gasteiger partial charge in [0.2, 0.25) is 11.8 Å². The van der Waals surface area contributed by atoms with Crippen LogP contribution < -0.4 is 11.1 Å². The van der Waals surface area contributed by atoms with Gasteiger partial charge in [-0.25, -0.2) is 0 Å². The summed E-state index contributed by atoms with van der Waals surface area (Å²) in [7, 11) is 0. The summed E-state index contributed by atoms with van der Waals surface area (Å²) in [5.74, 6) is 0.483. The third-order valence-electron chi connectivity index (χ3n) is 4.14. The number of likely N-dealkylation sites (tertiary alicyclic amines) is 1. The van der Waals surface area contributed by atoms with Gasteiger partial charge in [-0.05, 0) is 30.7 Å². The van der Waals surface area contributed by atoms with Crippen molar-refractivity contribution >= 4 is 24.2 Å². The van der Waals surface area contributed by atoms with E-state index >= 15 is 0 Å². The zero-order chi connectivity index (χ0) is 15.8. The number of rotatable bonds is 6. The molecule has 1 aliphatic heterocycles. The molecule has 0 spiro atoms. The second-order valence-corrected chi connectivity index (χ2v) is 5.83. The second kappa shape index (κ2) is 10.2. The van der Waals surface area contributed by atoms with E-state index in [0.29, 0.717) is 12.5 Å². The molecule has 0 saturated carbocycles. The van der Waals surface area contributed by atoms with E-state index in [0.717, 1.165) is 32.4 Å². The number of carbonyl (C=O) groups is 2. The minimum atomic E-state index is -0.158. The van der Waals surface area contributed by atoms with Crippen molar-refractivity contribution < 1.29 is 9.59 Å². The molecule has 1 aromatic carbocycles. The highest BCUT2D eigenvalue weighted by Gasteiger charge is 2.22. The summed E-state index contributed by atoms with van der Waals surface area (Å²) in [5.41, 5.74) is 6.66. The van der Waals surface area contributed by atoms with Crippen molar-refractivity contribution in [3.8, 4) is 0 Å². The second-order valence-electron chi connectivity index (χ2n) is 5.83. The number of nitrogens with zero attached hydrogens (tertiary/aromatic N) is 1. The van der Waals surface area contributed by atoms with Gasteiger partial charge in [0.1, 0.15) is 0 Å². The fourth-order valence-corrected chi connectivity index (χ4v) is 2.84. The third kappa shape index (κ3) is 6.59. The highest BCUT2D eigenvalue weighted by molar-refractivity contribution is 5.85. The quantitative estimate of drug-likeness (QED) is 0.821. The molecule has 23 heavy (non-hydrogen) atoms. The summed E-state index contributed by atoms with van der Waals surface area (Å²) in [6, 6.07) is 10.5. The number of nitrogens with two attached hydrogens (primary N) is 1. The third-order valence-corrected chi connectivity index (χ3v) is 4.14. The Morgan fingerprint density at radius 3 is 2.43 bits per heavy atom. The van der Waals surface area contributed by atoms with Crippen LogP contribution in [0.1, 0.15) is 24.8 Å². The average Bonchev–Trinajstić information content (AvgIpc) is 2.54. The van der Waals surface area contributed by atoms with Gasteiger partial charge < -0.3 is 16.0 Å². The van der Waals surface area contributed by atoms with Crippen LogP contribution in [-0.2, 0) is 16.0 Å². The lowest BCUT2D eigenvalue weighted by Crippen LogP contribution is -2.44. The number of amides is 2. The lowest BCUT2D eigenvalue weighted by Gasteiger charge is -2.32. The monoisotopic (exact) mass is 339 g/mol. The Hall–Kier alpha value is -1.59. The summed E-state index contributed by atoms with van der Waals surface area (Å²) in [6.45, 7) is 1.96. The van der Waals surface area contributed by atoms with Gasteiger partial charge in [0.15, 0.2) is 0 Å². The smallest absolute Gasteiger partial charge is 0.241 e. The van der Waals surface area contributed by atoms with Gasteiger partial charge in [-0.2, -0.15) is 0 Å². The van der Waals surface area contributed by atoms with Crippen LogP contribution in [0.15, 0.2) is 30.3 Å². The topological polar surface area (TPSA) is 75.4 Å². The van der Waals surface area contributed by atoms with Crippen molar-refractivity contribution in [2.24, 2.45) is 11.7 Å². The van der Waals surface area contributed by atoms with Crippen molar-refractivity contribution in [2.75, 3.05) is 26.2 Å². The largest absolute Gasteiger partial charge is 0.347 e. The maximum atomic E-state index is 12.1. The van der Waals surface area contributed by atoms with Gasteiger partial charge in [-0.15, -0.1) is 12.4 Å². The van der Waals surface area contributed by atoms with E-state index in [4.69, 9.17) is 5.73 Å². The minimum absolute atomic E-state index is 0. The molecule has 128 valence electrons. The fourth-order valence-electron chi connectivity index (χ4n) is 2.84. The number of hydrogen-bond acceptors (Lipinski definition) is 3. The lowest BCUT2D eigenvalue weighted by molar-refractivity contribution is -0.134. The zero-order valence-corrected chi connectivity index (χ0v) is 14.2. The summed E-state index contributed by atoms with van der Waals surface area (Å²) in [6.07, 6.45) is 3.40. The number of halogens is 1. The maximum Gasteiger partial charge on any atom is 0.241 e. The zero-order valence-electron chi connectivity index (χ0n) is 13.4. The van der Waals surface area contributed by atoms with Gasteiger partial charge in [0, 0.05) is 26.1 Å². The molecule has 2 amide bonds. The standard InChI is InChI=1S/C17H25N3O2.ClH/c18-9-6-16(21)19-13-17(22)20-10-7-15(8-11-20)12-14-4-2-1-3-5-14;/h1-5,15H,6-13,18H2,(H,19,21);1H. The molecule has 0 aliphatic carbocycles. The summed E-state index contributed by atoms with van der Waals surface area (Å²) in [5, 5.41) is 2.62. The van der Waals surface area contributed by atoms with Gasteiger partial charge in [-0.3, -0.25) is 9.59 Å². The first-order valence-electron chi connectivity index (χ1n) is 7.97. The van der Waals surface area contributed by atoms with E-state index < -0.39 is 0 Å². The Bertz CT molecular complexity index is 488. The van der Waals surface area contributed by atoms with Crippen molar-refractivity contribution in [3.63, 3.8) is 0 Å². The molecule has 1 aliphatic rings. The van der Waals surface area contributed by atoms with Crippen LogP contribution in [0.5, 0.6) is 0 Å². The van der Waals surface area contributed by atoms with E-state index in [1.54, 1.807) is 0 Å². The van der Waals surface area contributed by atoms with E-state index in [1.807, 2.05) is 11.0 Å². The Kier molecular flexibility index (Phi) is 8.66. The summed E-state index contributed by atoms with van der Waals surface area (Å²) in [4.78, 5) is 25.2. The highest BCUT2D eigenvalue weighted by atomic mass is 35.5. The first-order valence-corrected chi connectivity index (χ1v) is 7.97. The van der Waals surface area contributed by atoms with Crippen molar-refractivity contribution in [1.29, 1.82) is 0 Å². The number of carbonyl (C=O) groups excluding carboxylic acids is 2. The fraction of sp³-hybridized carbons (Fsp3) is 0.529. The molecule has 5 nitrogen and oxygen atoms in total. The molecule has 0 radical (unpaired) electrons. The molecule has 0 aromatic heterocycles. The van der Waals surface area contributed by atoms with Crippen LogP contribution >= 0.6 is 12.4 Å². The average molecular weight is 340 g/mol. The van der Waals surface area contributed by atoms with Gasteiger partial charge in [-0.1, -0.05) is 30.3 Å². The van der Waals surface area contributed by atoms with Crippen molar-refractivity contribution in [2.45, 2.75) is 25.7 Å². The number of piperidine rings is 1. The normalized spacial score (nSPS) is 14.9. The molecule has 3 N–H and O–H groups in total. The van der Waals surface area contributed by atoms with E-state index in [-0.39, 0.29) is 37.2 Å². The number of benzene rings is 1. The minimum Gasteiger partial charge on any atom is -0.347 e. The van der Waals surface area contributed by atoms with Crippen LogP contribution in [0, 0.1) is 5.92 Å². The van der Waals surface area contributed by atoms with Crippen LogP contribution in [-0.4, -0.2) is 42.9 Å². The lowest BCUT2D eigenvalue weighted by atomic mass is 9.90. The van der Waals surface area contributed by atoms with E-state index in [2.05, 4.69) is 29.6 Å². The summed E-state index contributed by atoms with van der Waals surface area (Å²) < 4.78 is 0. The van der Waals surface area contributed by atoms with Crippen LogP contribution in [0.3, 0.4) is 0 Å². The molecular formula is C17H26ClN3O2. The first kappa shape index (κ1) is 19.5. The molecule has 0 unspecified atom stereocenters. The van der Waals surface area contributed by atoms with Gasteiger partial charge in [0.05, 0.1) is 6.54 Å². The van der Waals surface area contributed by atoms with Crippen LogP contribution in [0.2, 0.25) is 0 Å². The molecule has 1 aromatic rings. The molecular weight excluding hydrogens is 314 g/mol. The van der Waals surface area contributed by atoms with Gasteiger partial charge >= 0.3 is 0 Å². The first-order chi connectivity index (χ1) is 10.7. The van der Waals surface area contributed by atoms with E-state index in [9.17, 15) is 9.59 Å². The predicted octanol–water partition coefficient (Wildman–Crippen LogP) is 1.35. The van der Waals surface area contributed by atoms with Crippen molar-refractivity contribution in [3.05, 3.63) is 35.9 Å². The molecule has 1 saturated heterocycles. The molecule has 1 fully saturated rings. The molecule has 2 rings (SSSR count). The van der Waals surface area contributed by atoms with Crippen molar-refractivity contribution in [1.82, 2.24) is 10.2 Å². The van der Waals surface area contributed by atoms with E-state index in [1.165, 1.54) is 5.56 Å². The molecule has 0 atom stereocenters. The highest BCUT2D eigenvalue weighted by Crippen LogP contribution is 2.21. The Morgan fingerprint density at radius 2 is 1.83 bits per heavy atom. The van der Waals surface area contributed by atoms with Crippen LogP contribution in [0.25, 0.3) is 0 Å².